The number of aromatic amines is 1. The number of aryl methyl sites for hydroxylation is 1. The summed E-state index contributed by atoms with van der Waals surface area (Å²) in [6.45, 7) is 6.94. The molecule has 0 unspecified atom stereocenters. The molecule has 6 nitrogen and oxygen atoms in total. The highest BCUT2D eigenvalue weighted by molar-refractivity contribution is 5.96. The largest absolute Gasteiger partial charge is 0.493 e. The van der Waals surface area contributed by atoms with Gasteiger partial charge in [0.25, 0.3) is 5.91 Å². The van der Waals surface area contributed by atoms with Crippen LogP contribution < -0.4 is 10.5 Å². The minimum Gasteiger partial charge on any atom is -0.493 e. The summed E-state index contributed by atoms with van der Waals surface area (Å²) in [5.74, 6) is 0.763. The van der Waals surface area contributed by atoms with Crippen LogP contribution in [0.5, 0.6) is 5.75 Å². The molecule has 0 saturated heterocycles. The van der Waals surface area contributed by atoms with E-state index in [2.05, 4.69) is 29.3 Å². The number of carbonyl (C=O) groups excluding carboxylic acids is 1. The smallest absolute Gasteiger partial charge is 0.271 e. The highest BCUT2D eigenvalue weighted by Gasteiger charge is 2.16. The van der Waals surface area contributed by atoms with Crippen LogP contribution in [0, 0.1) is 12.8 Å². The molecule has 0 radical (unpaired) electrons. The fourth-order valence-electron chi connectivity index (χ4n) is 1.91. The van der Waals surface area contributed by atoms with E-state index in [1.54, 1.807) is 0 Å². The molecule has 0 aliphatic rings. The lowest BCUT2D eigenvalue weighted by molar-refractivity contribution is 0.0996. The highest BCUT2D eigenvalue weighted by Crippen LogP contribution is 2.27. The van der Waals surface area contributed by atoms with Gasteiger partial charge in [0.1, 0.15) is 11.4 Å². The number of nitrogens with one attached hydrogen (secondary N) is 1. The zero-order valence-corrected chi connectivity index (χ0v) is 12.5. The SMILES string of the molecule is Cc1ccc(-c2n[nH]nc2C(N)=O)cc1OCCC(C)C. The van der Waals surface area contributed by atoms with Gasteiger partial charge in [-0.25, -0.2) is 0 Å². The molecule has 2 aromatic rings. The van der Waals surface area contributed by atoms with Crippen molar-refractivity contribution >= 4 is 5.91 Å². The van der Waals surface area contributed by atoms with Gasteiger partial charge in [-0.15, -0.1) is 0 Å². The zero-order chi connectivity index (χ0) is 15.4. The first-order chi connectivity index (χ1) is 9.99. The summed E-state index contributed by atoms with van der Waals surface area (Å²) in [6, 6.07) is 5.66. The third kappa shape index (κ3) is 3.59. The number of rotatable bonds is 6. The van der Waals surface area contributed by atoms with Crippen molar-refractivity contribution in [1.29, 1.82) is 0 Å². The Morgan fingerprint density at radius 2 is 2.14 bits per heavy atom. The van der Waals surface area contributed by atoms with Gasteiger partial charge < -0.3 is 10.5 Å². The first-order valence-electron chi connectivity index (χ1n) is 6.93. The second-order valence-electron chi connectivity index (χ2n) is 5.40. The first-order valence-corrected chi connectivity index (χ1v) is 6.93. The van der Waals surface area contributed by atoms with Crippen molar-refractivity contribution in [1.82, 2.24) is 15.4 Å². The van der Waals surface area contributed by atoms with E-state index in [9.17, 15) is 4.79 Å². The molecule has 112 valence electrons. The first kappa shape index (κ1) is 15.0. The van der Waals surface area contributed by atoms with Gasteiger partial charge in [-0.05, 0) is 30.9 Å². The Balaban J connectivity index is 2.25. The maximum atomic E-state index is 11.3. The number of H-pyrrole nitrogens is 1. The van der Waals surface area contributed by atoms with Crippen LogP contribution in [0.4, 0.5) is 0 Å². The number of hydrogen-bond donors (Lipinski definition) is 2. The van der Waals surface area contributed by atoms with Crippen molar-refractivity contribution in [3.63, 3.8) is 0 Å². The van der Waals surface area contributed by atoms with Crippen molar-refractivity contribution in [3.8, 4) is 17.0 Å². The Morgan fingerprint density at radius 3 is 2.81 bits per heavy atom. The molecule has 1 aromatic carbocycles. The molecule has 6 heteroatoms. The van der Waals surface area contributed by atoms with Crippen LogP contribution in [0.1, 0.15) is 36.3 Å². The molecular weight excluding hydrogens is 268 g/mol. The average Bonchev–Trinajstić information content (AvgIpc) is 2.90. The van der Waals surface area contributed by atoms with Crippen molar-refractivity contribution in [2.75, 3.05) is 6.61 Å². The van der Waals surface area contributed by atoms with Gasteiger partial charge in [-0.1, -0.05) is 26.0 Å². The molecule has 2 rings (SSSR count). The molecule has 0 aliphatic carbocycles. The molecular formula is C15H20N4O2. The Morgan fingerprint density at radius 1 is 1.38 bits per heavy atom. The molecule has 1 heterocycles. The summed E-state index contributed by atoms with van der Waals surface area (Å²) in [5.41, 5.74) is 7.64. The molecule has 1 aromatic heterocycles. The lowest BCUT2D eigenvalue weighted by atomic mass is 10.1. The summed E-state index contributed by atoms with van der Waals surface area (Å²) in [7, 11) is 0. The van der Waals surface area contributed by atoms with Crippen molar-refractivity contribution in [2.45, 2.75) is 27.2 Å². The normalized spacial score (nSPS) is 10.9. The number of carbonyl (C=O) groups is 1. The van der Waals surface area contributed by atoms with Gasteiger partial charge in [0.05, 0.1) is 6.61 Å². The van der Waals surface area contributed by atoms with Crippen molar-refractivity contribution in [3.05, 3.63) is 29.5 Å². The van der Waals surface area contributed by atoms with Crippen LogP contribution in [0.25, 0.3) is 11.3 Å². The van der Waals surface area contributed by atoms with Crippen LogP contribution in [-0.2, 0) is 0 Å². The average molecular weight is 288 g/mol. The Kier molecular flexibility index (Phi) is 4.57. The zero-order valence-electron chi connectivity index (χ0n) is 12.5. The van der Waals surface area contributed by atoms with Gasteiger partial charge in [0, 0.05) is 5.56 Å². The summed E-state index contributed by atoms with van der Waals surface area (Å²) < 4.78 is 5.81. The van der Waals surface area contributed by atoms with Gasteiger partial charge in [0.2, 0.25) is 0 Å². The van der Waals surface area contributed by atoms with E-state index in [1.165, 1.54) is 0 Å². The van der Waals surface area contributed by atoms with Crippen LogP contribution in [-0.4, -0.2) is 27.9 Å². The number of amides is 1. The fourth-order valence-corrected chi connectivity index (χ4v) is 1.91. The van der Waals surface area contributed by atoms with E-state index in [0.29, 0.717) is 18.2 Å². The van der Waals surface area contributed by atoms with E-state index in [-0.39, 0.29) is 5.69 Å². The third-order valence-corrected chi connectivity index (χ3v) is 3.20. The highest BCUT2D eigenvalue weighted by atomic mass is 16.5. The van der Waals surface area contributed by atoms with Crippen LogP contribution >= 0.6 is 0 Å². The van der Waals surface area contributed by atoms with Gasteiger partial charge in [0.15, 0.2) is 5.69 Å². The molecule has 21 heavy (non-hydrogen) atoms. The number of aromatic nitrogens is 3. The molecule has 0 atom stereocenters. The minimum atomic E-state index is -0.610. The van der Waals surface area contributed by atoms with Crippen molar-refractivity contribution < 1.29 is 9.53 Å². The number of nitrogens with zero attached hydrogens (tertiary/aromatic N) is 2. The summed E-state index contributed by atoms with van der Waals surface area (Å²) in [4.78, 5) is 11.3. The van der Waals surface area contributed by atoms with Crippen LogP contribution in [0.15, 0.2) is 18.2 Å². The van der Waals surface area contributed by atoms with Gasteiger partial charge in [-0.3, -0.25) is 4.79 Å². The molecule has 0 fully saturated rings. The van der Waals surface area contributed by atoms with E-state index < -0.39 is 5.91 Å². The van der Waals surface area contributed by atoms with Crippen LogP contribution in [0.2, 0.25) is 0 Å². The Hall–Kier alpha value is -2.37. The number of ether oxygens (including phenoxy) is 1. The van der Waals surface area contributed by atoms with Crippen LogP contribution in [0.3, 0.4) is 0 Å². The predicted octanol–water partition coefficient (Wildman–Crippen LogP) is 2.30. The van der Waals surface area contributed by atoms with E-state index in [4.69, 9.17) is 10.5 Å². The monoisotopic (exact) mass is 288 g/mol. The summed E-state index contributed by atoms with van der Waals surface area (Å²) >= 11 is 0. The molecule has 1 amide bonds. The minimum absolute atomic E-state index is 0.131. The lowest BCUT2D eigenvalue weighted by Gasteiger charge is -2.11. The maximum absolute atomic E-state index is 11.3. The summed E-state index contributed by atoms with van der Waals surface area (Å²) in [5, 5.41) is 10.2. The lowest BCUT2D eigenvalue weighted by Crippen LogP contribution is -2.12. The van der Waals surface area contributed by atoms with Gasteiger partial charge >= 0.3 is 0 Å². The number of primary amides is 1. The second-order valence-corrected chi connectivity index (χ2v) is 5.40. The molecule has 0 bridgehead atoms. The standard InChI is InChI=1S/C15H20N4O2/c1-9(2)6-7-21-12-8-11(5-4-10(12)3)13-14(15(16)20)18-19-17-13/h4-5,8-9H,6-7H2,1-3H3,(H2,16,20)(H,17,18,19). The second kappa shape index (κ2) is 6.39. The summed E-state index contributed by atoms with van der Waals surface area (Å²) in [6.07, 6.45) is 0.986. The quantitative estimate of drug-likeness (QED) is 0.852. The number of hydrogen-bond acceptors (Lipinski definition) is 4. The van der Waals surface area contributed by atoms with Crippen molar-refractivity contribution in [2.24, 2.45) is 11.7 Å². The number of nitrogens with two attached hydrogens (primary N) is 1. The predicted molar refractivity (Wildman–Crippen MR) is 80.0 cm³/mol. The molecule has 0 saturated carbocycles. The van der Waals surface area contributed by atoms with E-state index >= 15 is 0 Å². The fraction of sp³-hybridized carbons (Fsp3) is 0.400. The molecule has 3 N–H and O–H groups in total. The van der Waals surface area contributed by atoms with E-state index in [0.717, 1.165) is 23.3 Å². The van der Waals surface area contributed by atoms with Gasteiger partial charge in [-0.2, -0.15) is 15.4 Å². The molecule has 0 aliphatic heterocycles. The topological polar surface area (TPSA) is 93.9 Å². The Bertz CT molecular complexity index is 634. The molecule has 0 spiro atoms. The third-order valence-electron chi connectivity index (χ3n) is 3.20. The Labute approximate surface area is 123 Å². The maximum Gasteiger partial charge on any atom is 0.271 e. The number of benzene rings is 1. The van der Waals surface area contributed by atoms with E-state index in [1.807, 2.05) is 25.1 Å².